The summed E-state index contributed by atoms with van der Waals surface area (Å²) in [7, 11) is 0. The van der Waals surface area contributed by atoms with E-state index in [4.69, 9.17) is 0 Å². The number of rotatable bonds is 4. The zero-order chi connectivity index (χ0) is 19.0. The minimum Gasteiger partial charge on any atom is -0.340 e. The van der Waals surface area contributed by atoms with E-state index in [2.05, 4.69) is 4.90 Å². The van der Waals surface area contributed by atoms with E-state index in [1.54, 1.807) is 6.07 Å². The molecule has 2 bridgehead atoms. The third-order valence-corrected chi connectivity index (χ3v) is 6.71. The lowest BCUT2D eigenvalue weighted by Gasteiger charge is -2.36. The number of alkyl halides is 3. The molecular weight excluding hydrogens is 353 g/mol. The van der Waals surface area contributed by atoms with Crippen LogP contribution in [0.25, 0.3) is 0 Å². The van der Waals surface area contributed by atoms with Crippen molar-refractivity contribution in [3.8, 4) is 0 Å². The Morgan fingerprint density at radius 3 is 2.48 bits per heavy atom. The van der Waals surface area contributed by atoms with Gasteiger partial charge in [0.15, 0.2) is 0 Å². The Bertz CT molecular complexity index is 682. The fourth-order valence-corrected chi connectivity index (χ4v) is 5.24. The molecular formula is C21H27F3N2O. The number of benzene rings is 1. The zero-order valence-corrected chi connectivity index (χ0v) is 15.5. The van der Waals surface area contributed by atoms with Crippen LogP contribution in [-0.4, -0.2) is 41.9 Å². The minimum atomic E-state index is -4.30. The van der Waals surface area contributed by atoms with Gasteiger partial charge in [0.25, 0.3) is 0 Å². The maximum Gasteiger partial charge on any atom is 0.416 e. The van der Waals surface area contributed by atoms with E-state index in [0.29, 0.717) is 37.5 Å². The van der Waals surface area contributed by atoms with Gasteiger partial charge in [-0.1, -0.05) is 24.6 Å². The minimum absolute atomic E-state index is 0.270. The number of piperazine rings is 1. The summed E-state index contributed by atoms with van der Waals surface area (Å²) in [5.74, 6) is 2.48. The summed E-state index contributed by atoms with van der Waals surface area (Å²) in [5, 5.41) is 0. The Kier molecular flexibility index (Phi) is 5.19. The van der Waals surface area contributed by atoms with Crippen LogP contribution in [0.3, 0.4) is 0 Å². The molecule has 1 heterocycles. The van der Waals surface area contributed by atoms with Crippen LogP contribution in [0.15, 0.2) is 24.3 Å². The number of amides is 1. The maximum atomic E-state index is 12.9. The lowest BCUT2D eigenvalue weighted by molar-refractivity contribution is -0.138. The number of fused-ring (bicyclic) bond motifs is 2. The van der Waals surface area contributed by atoms with Gasteiger partial charge in [0.1, 0.15) is 0 Å². The predicted octanol–water partition coefficient (Wildman–Crippen LogP) is 4.18. The molecule has 4 rings (SSSR count). The Morgan fingerprint density at radius 2 is 1.85 bits per heavy atom. The highest BCUT2D eigenvalue weighted by Crippen LogP contribution is 2.49. The molecule has 27 heavy (non-hydrogen) atoms. The molecule has 3 atom stereocenters. The third-order valence-electron chi connectivity index (χ3n) is 6.71. The first-order valence-electron chi connectivity index (χ1n) is 10.0. The molecule has 0 aromatic heterocycles. The highest BCUT2D eigenvalue weighted by Gasteiger charge is 2.40. The van der Waals surface area contributed by atoms with Crippen LogP contribution in [0.2, 0.25) is 0 Å². The first-order valence-corrected chi connectivity index (χ1v) is 10.0. The molecule has 1 amide bonds. The van der Waals surface area contributed by atoms with Crippen molar-refractivity contribution in [3.63, 3.8) is 0 Å². The Balaban J connectivity index is 1.26. The van der Waals surface area contributed by atoms with Gasteiger partial charge in [-0.3, -0.25) is 9.69 Å². The molecule has 3 unspecified atom stereocenters. The summed E-state index contributed by atoms with van der Waals surface area (Å²) >= 11 is 0. The van der Waals surface area contributed by atoms with Crippen molar-refractivity contribution in [3.05, 3.63) is 35.4 Å². The highest BCUT2D eigenvalue weighted by molar-refractivity contribution is 5.76. The molecule has 6 heteroatoms. The van der Waals surface area contributed by atoms with Gasteiger partial charge in [-0.05, 0) is 48.6 Å². The number of hydrogen-bond donors (Lipinski definition) is 0. The van der Waals surface area contributed by atoms with Crippen molar-refractivity contribution < 1.29 is 18.0 Å². The Morgan fingerprint density at radius 1 is 1.07 bits per heavy atom. The molecule has 3 nitrogen and oxygen atoms in total. The standard InChI is InChI=1S/C21H27F3N2O/c22-21(23,24)19-3-1-2-16(12-19)14-25-6-8-26(9-7-25)20(27)13-18-11-15-4-5-17(18)10-15/h1-3,12,15,17-18H,4-11,13-14H2. The van der Waals surface area contributed by atoms with Crippen LogP contribution >= 0.6 is 0 Å². The van der Waals surface area contributed by atoms with Crippen molar-refractivity contribution in [2.24, 2.45) is 17.8 Å². The second-order valence-electron chi connectivity index (χ2n) is 8.49. The number of halogens is 3. The average molecular weight is 380 g/mol. The summed E-state index contributed by atoms with van der Waals surface area (Å²) in [6, 6.07) is 5.54. The van der Waals surface area contributed by atoms with Crippen LogP contribution < -0.4 is 0 Å². The van der Waals surface area contributed by atoms with Gasteiger partial charge in [-0.15, -0.1) is 0 Å². The summed E-state index contributed by atoms with van der Waals surface area (Å²) < 4.78 is 38.6. The lowest BCUT2D eigenvalue weighted by Crippen LogP contribution is -2.48. The van der Waals surface area contributed by atoms with E-state index in [0.717, 1.165) is 31.0 Å². The molecule has 1 aromatic rings. The second kappa shape index (κ2) is 7.46. The largest absolute Gasteiger partial charge is 0.416 e. The molecule has 148 valence electrons. The molecule has 3 fully saturated rings. The lowest BCUT2D eigenvalue weighted by atomic mass is 9.86. The summed E-state index contributed by atoms with van der Waals surface area (Å²) in [5.41, 5.74) is 0.0752. The van der Waals surface area contributed by atoms with E-state index in [1.165, 1.54) is 37.8 Å². The molecule has 2 saturated carbocycles. The van der Waals surface area contributed by atoms with Crippen molar-refractivity contribution >= 4 is 5.91 Å². The first kappa shape index (κ1) is 18.8. The van der Waals surface area contributed by atoms with Gasteiger partial charge in [0, 0.05) is 39.1 Å². The van der Waals surface area contributed by atoms with Gasteiger partial charge in [-0.25, -0.2) is 0 Å². The SMILES string of the molecule is O=C(CC1CC2CCC1C2)N1CCN(Cc2cccc(C(F)(F)F)c2)CC1. The predicted molar refractivity (Wildman–Crippen MR) is 96.9 cm³/mol. The number of nitrogens with zero attached hydrogens (tertiary/aromatic N) is 2. The van der Waals surface area contributed by atoms with Gasteiger partial charge < -0.3 is 4.90 Å². The normalized spacial score (nSPS) is 28.7. The third kappa shape index (κ3) is 4.31. The summed E-state index contributed by atoms with van der Waals surface area (Å²) in [6.07, 6.45) is 1.58. The van der Waals surface area contributed by atoms with Crippen molar-refractivity contribution in [2.45, 2.75) is 44.8 Å². The molecule has 1 aromatic carbocycles. The van der Waals surface area contributed by atoms with E-state index >= 15 is 0 Å². The van der Waals surface area contributed by atoms with Crippen LogP contribution in [0.1, 0.15) is 43.2 Å². The van der Waals surface area contributed by atoms with Gasteiger partial charge >= 0.3 is 6.18 Å². The smallest absolute Gasteiger partial charge is 0.340 e. The number of hydrogen-bond acceptors (Lipinski definition) is 2. The second-order valence-corrected chi connectivity index (χ2v) is 8.49. The van der Waals surface area contributed by atoms with Crippen molar-refractivity contribution in [1.29, 1.82) is 0 Å². The van der Waals surface area contributed by atoms with Crippen molar-refractivity contribution in [2.75, 3.05) is 26.2 Å². The first-order chi connectivity index (χ1) is 12.9. The fraction of sp³-hybridized carbons (Fsp3) is 0.667. The Labute approximate surface area is 158 Å². The summed E-state index contributed by atoms with van der Waals surface area (Å²) in [6.45, 7) is 3.30. The van der Waals surface area contributed by atoms with Crippen LogP contribution in [0.5, 0.6) is 0 Å². The van der Waals surface area contributed by atoms with E-state index in [1.807, 2.05) is 4.90 Å². The molecule has 0 radical (unpaired) electrons. The molecule has 3 aliphatic rings. The van der Waals surface area contributed by atoms with Crippen LogP contribution in [0.4, 0.5) is 13.2 Å². The van der Waals surface area contributed by atoms with Gasteiger partial charge in [-0.2, -0.15) is 13.2 Å². The maximum absolute atomic E-state index is 12.9. The average Bonchev–Trinajstić information content (AvgIpc) is 3.25. The fourth-order valence-electron chi connectivity index (χ4n) is 5.24. The molecule has 1 aliphatic heterocycles. The van der Waals surface area contributed by atoms with Crippen LogP contribution in [0, 0.1) is 17.8 Å². The Hall–Kier alpha value is -1.56. The van der Waals surface area contributed by atoms with Crippen LogP contribution in [-0.2, 0) is 17.5 Å². The number of carbonyl (C=O) groups excluding carboxylic acids is 1. The molecule has 1 saturated heterocycles. The molecule has 0 N–H and O–H groups in total. The van der Waals surface area contributed by atoms with Gasteiger partial charge in [0.05, 0.1) is 5.56 Å². The van der Waals surface area contributed by atoms with Gasteiger partial charge in [0.2, 0.25) is 5.91 Å². The van der Waals surface area contributed by atoms with E-state index < -0.39 is 11.7 Å². The van der Waals surface area contributed by atoms with E-state index in [9.17, 15) is 18.0 Å². The van der Waals surface area contributed by atoms with E-state index in [-0.39, 0.29) is 5.91 Å². The quantitative estimate of drug-likeness (QED) is 0.783. The monoisotopic (exact) mass is 380 g/mol. The van der Waals surface area contributed by atoms with Crippen molar-refractivity contribution in [1.82, 2.24) is 9.80 Å². The topological polar surface area (TPSA) is 23.6 Å². The zero-order valence-electron chi connectivity index (χ0n) is 15.5. The number of carbonyl (C=O) groups is 1. The highest BCUT2D eigenvalue weighted by atomic mass is 19.4. The molecule has 2 aliphatic carbocycles. The summed E-state index contributed by atoms with van der Waals surface area (Å²) in [4.78, 5) is 16.7. The molecule has 0 spiro atoms.